The molecule has 9 rings (SSSR count). The second-order valence-corrected chi connectivity index (χ2v) is 22.5. The predicted molar refractivity (Wildman–Crippen MR) is 265 cm³/mol. The van der Waals surface area contributed by atoms with Gasteiger partial charge >= 0.3 is 11.9 Å². The second kappa shape index (κ2) is 20.3. The van der Waals surface area contributed by atoms with Crippen molar-refractivity contribution >= 4 is 44.2 Å². The van der Waals surface area contributed by atoms with Crippen molar-refractivity contribution in [2.24, 2.45) is 11.3 Å². The van der Waals surface area contributed by atoms with E-state index < -0.39 is 55.6 Å². The van der Waals surface area contributed by atoms with Crippen molar-refractivity contribution in [1.82, 2.24) is 29.5 Å². The third kappa shape index (κ3) is 11.4. The van der Waals surface area contributed by atoms with Crippen LogP contribution in [0.15, 0.2) is 71.9 Å². The maximum absolute atomic E-state index is 14.9. The Morgan fingerprint density at radius 2 is 1.75 bits per heavy atom. The molecule has 4 aliphatic rings. The molecular formula is C51H61F4N9O8S. The fourth-order valence-corrected chi connectivity index (χ4v) is 12.2. The van der Waals surface area contributed by atoms with Crippen LogP contribution in [0.5, 0.6) is 17.4 Å². The number of amides is 1. The molecule has 2 saturated heterocycles. The topological polar surface area (TPSA) is 208 Å². The lowest BCUT2D eigenvalue weighted by molar-refractivity contribution is -0.384. The molecule has 5 heterocycles. The lowest BCUT2D eigenvalue weighted by Gasteiger charge is -2.58. The maximum atomic E-state index is 14.9. The molecule has 3 aromatic heterocycles. The molecular weight excluding hydrogens is 975 g/mol. The van der Waals surface area contributed by atoms with E-state index in [2.05, 4.69) is 56.0 Å². The normalized spacial score (nSPS) is 22.1. The van der Waals surface area contributed by atoms with Gasteiger partial charge in [0.2, 0.25) is 5.82 Å². The van der Waals surface area contributed by atoms with Gasteiger partial charge in [-0.05, 0) is 98.8 Å². The maximum Gasteiger partial charge on any atom is 0.401 e. The van der Waals surface area contributed by atoms with Gasteiger partial charge in [0.1, 0.15) is 22.1 Å². The number of aromatic nitrogens is 3. The first-order valence-corrected chi connectivity index (χ1v) is 26.2. The van der Waals surface area contributed by atoms with Gasteiger partial charge in [-0.2, -0.15) is 18.2 Å². The number of carbonyl (C=O) groups excluding carboxylic acids is 1. The summed E-state index contributed by atoms with van der Waals surface area (Å²) in [5.41, 5.74) is 1.43. The largest absolute Gasteiger partial charge is 0.478 e. The number of methoxy groups -OCH3 is 1. The predicted octanol–water partition coefficient (Wildman–Crippen LogP) is 9.07. The number of nitro groups is 1. The zero-order valence-corrected chi connectivity index (χ0v) is 42.0. The van der Waals surface area contributed by atoms with Gasteiger partial charge in [0.05, 0.1) is 41.3 Å². The summed E-state index contributed by atoms with van der Waals surface area (Å²) in [5, 5.41) is 25.5. The second-order valence-electron chi connectivity index (χ2n) is 20.8. The van der Waals surface area contributed by atoms with Gasteiger partial charge < -0.3 is 29.8 Å². The quantitative estimate of drug-likeness (QED) is 0.0438. The standard InChI is InChI=1S/C51H61F4N9O8S/c1-31(2)36-7-5-6-8-37(36)42-29-61(30-51(53,54)55)19-20-63(42)34-24-50(25-34)15-17-62(18-16-50)33-9-10-38(43(21-33)72-44-23-39-40(52)28-58-45(39)59-48(44)71-4)47(65)60-73(69,70)35-22-41(64(67)68)46(57-27-35)56-26-32-11-13-49(3,66)14-12-32/h5-10,21-23,27-28,31-32,34,42,66H,11-20,24-26,29-30H2,1-4H3,(H,56,57)(H,58,59)(H,60,65)/t32?,42-,49?/m0/s1. The number of nitrogens with one attached hydrogen (secondary N) is 3. The molecule has 17 nitrogen and oxygen atoms in total. The highest BCUT2D eigenvalue weighted by atomic mass is 32.2. The van der Waals surface area contributed by atoms with Crippen molar-refractivity contribution in [3.8, 4) is 17.4 Å². The van der Waals surface area contributed by atoms with Gasteiger partial charge in [-0.1, -0.05) is 38.1 Å². The molecule has 2 aliphatic carbocycles. The number of benzene rings is 2. The van der Waals surface area contributed by atoms with E-state index in [1.807, 2.05) is 16.9 Å². The zero-order valence-electron chi connectivity index (χ0n) is 41.2. The average molecular weight is 1040 g/mol. The summed E-state index contributed by atoms with van der Waals surface area (Å²) in [6, 6.07) is 14.9. The molecule has 1 spiro atoms. The monoisotopic (exact) mass is 1040 g/mol. The Kier molecular flexibility index (Phi) is 14.4. The fraction of sp³-hybridized carbons (Fsp3) is 0.510. The third-order valence-electron chi connectivity index (χ3n) is 15.4. The van der Waals surface area contributed by atoms with Crippen molar-refractivity contribution in [3.05, 3.63) is 99.6 Å². The Hall–Kier alpha value is -6.10. The van der Waals surface area contributed by atoms with Crippen LogP contribution >= 0.6 is 0 Å². The van der Waals surface area contributed by atoms with Gasteiger partial charge in [0, 0.05) is 81.4 Å². The van der Waals surface area contributed by atoms with Crippen LogP contribution in [0.4, 0.5) is 34.8 Å². The number of ether oxygens (including phenoxy) is 2. The molecule has 1 atom stereocenters. The lowest BCUT2D eigenvalue weighted by Crippen LogP contribution is -2.60. The number of anilines is 2. The molecule has 0 unspecified atom stereocenters. The van der Waals surface area contributed by atoms with E-state index in [0.29, 0.717) is 70.6 Å². The molecule has 4 N–H and O–H groups in total. The Balaban J connectivity index is 0.928. The highest BCUT2D eigenvalue weighted by Crippen LogP contribution is 2.53. The van der Waals surface area contributed by atoms with E-state index in [-0.39, 0.29) is 69.1 Å². The fourth-order valence-electron chi connectivity index (χ4n) is 11.3. The molecule has 4 fully saturated rings. The number of alkyl halides is 3. The van der Waals surface area contributed by atoms with Crippen LogP contribution in [0.2, 0.25) is 0 Å². The van der Waals surface area contributed by atoms with Crippen LogP contribution in [0.25, 0.3) is 11.0 Å². The minimum Gasteiger partial charge on any atom is -0.478 e. The number of rotatable bonds is 15. The third-order valence-corrected chi connectivity index (χ3v) is 16.7. The number of hydrogen-bond donors (Lipinski definition) is 4. The summed E-state index contributed by atoms with van der Waals surface area (Å²) in [7, 11) is -3.44. The summed E-state index contributed by atoms with van der Waals surface area (Å²) < 4.78 is 97.2. The highest BCUT2D eigenvalue weighted by Gasteiger charge is 2.50. The first-order valence-electron chi connectivity index (χ1n) is 24.7. The number of H-pyrrole nitrogens is 1. The van der Waals surface area contributed by atoms with E-state index in [9.17, 15) is 46.0 Å². The van der Waals surface area contributed by atoms with Gasteiger partial charge in [-0.3, -0.25) is 24.7 Å². The van der Waals surface area contributed by atoms with E-state index in [1.54, 1.807) is 19.1 Å². The number of halogens is 4. The number of nitrogens with zero attached hydrogens (tertiary/aromatic N) is 6. The number of aromatic amines is 1. The molecule has 2 aromatic carbocycles. The molecule has 0 bridgehead atoms. The molecule has 2 saturated carbocycles. The molecule has 73 heavy (non-hydrogen) atoms. The molecule has 0 radical (unpaired) electrons. The van der Waals surface area contributed by atoms with Crippen molar-refractivity contribution in [2.75, 3.05) is 63.1 Å². The van der Waals surface area contributed by atoms with Crippen molar-refractivity contribution in [3.63, 3.8) is 0 Å². The van der Waals surface area contributed by atoms with E-state index in [0.717, 1.165) is 55.3 Å². The highest BCUT2D eigenvalue weighted by molar-refractivity contribution is 7.90. The average Bonchev–Trinajstić information content (AvgIpc) is 3.70. The van der Waals surface area contributed by atoms with Crippen LogP contribution in [-0.2, 0) is 10.0 Å². The Labute approximate surface area is 420 Å². The Morgan fingerprint density at radius 3 is 2.44 bits per heavy atom. The molecule has 5 aromatic rings. The van der Waals surface area contributed by atoms with Gasteiger partial charge in [-0.15, -0.1) is 0 Å². The number of hydrogen-bond acceptors (Lipinski definition) is 14. The minimum atomic E-state index is -4.78. The number of sulfonamides is 1. The number of fused-ring (bicyclic) bond motifs is 1. The van der Waals surface area contributed by atoms with Crippen LogP contribution in [0.1, 0.15) is 106 Å². The summed E-state index contributed by atoms with van der Waals surface area (Å²) in [6.07, 6.45) is 3.71. The van der Waals surface area contributed by atoms with Gasteiger partial charge in [0.25, 0.3) is 21.8 Å². The van der Waals surface area contributed by atoms with Crippen LogP contribution < -0.4 is 24.4 Å². The molecule has 2 aliphatic heterocycles. The van der Waals surface area contributed by atoms with Crippen molar-refractivity contribution in [1.29, 1.82) is 0 Å². The number of pyridine rings is 2. The Bertz CT molecular complexity index is 2960. The van der Waals surface area contributed by atoms with Crippen LogP contribution in [0, 0.1) is 27.3 Å². The van der Waals surface area contributed by atoms with Crippen molar-refractivity contribution < 1.29 is 50.3 Å². The van der Waals surface area contributed by atoms with E-state index in [1.165, 1.54) is 24.1 Å². The van der Waals surface area contributed by atoms with E-state index >= 15 is 0 Å². The van der Waals surface area contributed by atoms with E-state index in [4.69, 9.17) is 9.47 Å². The molecule has 392 valence electrons. The van der Waals surface area contributed by atoms with Gasteiger partial charge in [0.15, 0.2) is 5.75 Å². The number of carbonyl (C=O) groups is 1. The number of aliphatic hydroxyl groups is 1. The summed E-state index contributed by atoms with van der Waals surface area (Å²) >= 11 is 0. The minimum absolute atomic E-state index is 0.0195. The number of piperazine rings is 1. The summed E-state index contributed by atoms with van der Waals surface area (Å²) in [4.78, 5) is 42.1. The smallest absolute Gasteiger partial charge is 0.401 e. The summed E-state index contributed by atoms with van der Waals surface area (Å²) in [5.74, 6) is -1.83. The first kappa shape index (κ1) is 51.8. The van der Waals surface area contributed by atoms with Crippen LogP contribution in [0.3, 0.4) is 0 Å². The Morgan fingerprint density at radius 1 is 1.03 bits per heavy atom. The molecule has 1 amide bonds. The zero-order chi connectivity index (χ0) is 52.0. The SMILES string of the molecule is COc1nc2[nH]cc(F)c2cc1Oc1cc(N2CCC3(CC2)CC(N2CCN(CC(F)(F)F)C[C@H]2c2ccccc2C(C)C)C3)ccc1C(=O)NS(=O)(=O)c1cnc(NCC2CCC(C)(O)CC2)c([N+](=O)[O-])c1. The van der Waals surface area contributed by atoms with Crippen molar-refractivity contribution in [2.45, 2.75) is 107 Å². The molecule has 22 heteroatoms. The number of piperidine rings is 1. The lowest BCUT2D eigenvalue weighted by atomic mass is 9.59. The summed E-state index contributed by atoms with van der Waals surface area (Å²) in [6.45, 7) is 7.74. The van der Waals surface area contributed by atoms with Crippen LogP contribution in [-0.4, -0.2) is 120 Å². The first-order chi connectivity index (χ1) is 34.6. The van der Waals surface area contributed by atoms with Gasteiger partial charge in [-0.25, -0.2) is 22.5 Å².